The second-order valence-corrected chi connectivity index (χ2v) is 2.69. The summed E-state index contributed by atoms with van der Waals surface area (Å²) in [5.74, 6) is -19.6. The van der Waals surface area contributed by atoms with Gasteiger partial charge < -0.3 is 0 Å². The number of carbonyl (C=O) groups is 1. The van der Waals surface area contributed by atoms with Crippen LogP contribution in [0.2, 0.25) is 0 Å². The molecule has 0 unspecified atom stereocenters. The maximum Gasteiger partial charge on any atom is 0.460 e. The fourth-order valence-electron chi connectivity index (χ4n) is 0.608. The van der Waals surface area contributed by atoms with E-state index >= 15 is 0 Å². The van der Waals surface area contributed by atoms with Gasteiger partial charge in [-0.3, -0.25) is 10.2 Å². The molecule has 0 saturated carbocycles. The van der Waals surface area contributed by atoms with Crippen LogP contribution in [-0.2, 0) is 4.79 Å². The molecule has 0 aromatic carbocycles. The zero-order valence-electron chi connectivity index (χ0n) is 7.39. The minimum absolute atomic E-state index is 0.365. The Morgan fingerprint density at radius 3 is 1.41 bits per heavy atom. The predicted molar refractivity (Wildman–Crippen MR) is 33.2 cm³/mol. The predicted octanol–water partition coefficient (Wildman–Crippen LogP) is 1.44. The molecule has 102 valence electrons. The summed E-state index contributed by atoms with van der Waals surface area (Å²) in [6.07, 6.45) is -6.96. The van der Waals surface area contributed by atoms with Crippen LogP contribution in [0.4, 0.5) is 39.5 Å². The number of carbonyl (C=O) groups excluding carboxylic acids is 1. The van der Waals surface area contributed by atoms with Gasteiger partial charge in [0, 0.05) is 0 Å². The first-order chi connectivity index (χ1) is 7.23. The summed E-state index contributed by atoms with van der Waals surface area (Å²) in [6.45, 7) is 0. The second kappa shape index (κ2) is 3.92. The van der Waals surface area contributed by atoms with Crippen LogP contribution in [0.3, 0.4) is 0 Å². The Morgan fingerprint density at radius 1 is 0.824 bits per heavy atom. The van der Waals surface area contributed by atoms with Crippen molar-refractivity contribution in [2.24, 2.45) is 5.84 Å². The first kappa shape index (κ1) is 15.8. The summed E-state index contributed by atoms with van der Waals surface area (Å²) in [7, 11) is 0. The Balaban J connectivity index is 5.63. The van der Waals surface area contributed by atoms with Crippen molar-refractivity contribution in [3.05, 3.63) is 0 Å². The van der Waals surface area contributed by atoms with Crippen molar-refractivity contribution in [3.8, 4) is 0 Å². The molecule has 0 heterocycles. The highest BCUT2D eigenvalue weighted by molar-refractivity contribution is 5.84. The van der Waals surface area contributed by atoms with E-state index in [0.29, 0.717) is 5.43 Å². The lowest BCUT2D eigenvalue weighted by Crippen LogP contribution is -2.65. The molecule has 0 bridgehead atoms. The van der Waals surface area contributed by atoms with E-state index in [1.165, 1.54) is 0 Å². The highest BCUT2D eigenvalue weighted by atomic mass is 19.4. The third-order valence-corrected chi connectivity index (χ3v) is 1.56. The third kappa shape index (κ3) is 2.12. The number of nitrogens with two attached hydrogens (primary N) is 1. The lowest BCUT2D eigenvalue weighted by atomic mass is 10.0. The number of nitrogens with one attached hydrogen (secondary N) is 1. The number of hydrogen-bond donors (Lipinski definition) is 2. The largest absolute Gasteiger partial charge is 0.460 e. The Kier molecular flexibility index (Phi) is 3.65. The maximum atomic E-state index is 12.4. The van der Waals surface area contributed by atoms with Gasteiger partial charge in [0.2, 0.25) is 0 Å². The van der Waals surface area contributed by atoms with Crippen LogP contribution in [0.15, 0.2) is 0 Å². The van der Waals surface area contributed by atoms with Crippen LogP contribution in [0.25, 0.3) is 0 Å². The number of rotatable bonds is 3. The summed E-state index contributed by atoms with van der Waals surface area (Å²) in [5.41, 5.74) is 0.365. The van der Waals surface area contributed by atoms with Crippen molar-refractivity contribution in [1.82, 2.24) is 5.43 Å². The van der Waals surface area contributed by atoms with Gasteiger partial charge in [0.15, 0.2) is 0 Å². The lowest BCUT2D eigenvalue weighted by Gasteiger charge is -2.32. The SMILES string of the molecule is NNC(=O)C(F)(F)C(F)(F)C(F)(F)C(F)(F)F. The van der Waals surface area contributed by atoms with Crippen LogP contribution < -0.4 is 11.3 Å². The molecule has 0 radical (unpaired) electrons. The van der Waals surface area contributed by atoms with E-state index in [-0.39, 0.29) is 0 Å². The molecule has 0 rings (SSSR count). The van der Waals surface area contributed by atoms with Crippen LogP contribution in [0.1, 0.15) is 0 Å². The fourth-order valence-corrected chi connectivity index (χ4v) is 0.608. The monoisotopic (exact) mass is 278 g/mol. The van der Waals surface area contributed by atoms with Crippen molar-refractivity contribution in [1.29, 1.82) is 0 Å². The van der Waals surface area contributed by atoms with Gasteiger partial charge in [-0.25, -0.2) is 5.84 Å². The standard InChI is InChI=1S/C5H3F9N2O/c6-2(7,1(17)16-15)3(8,9)4(10,11)5(12,13)14/h15H2,(H,16,17). The molecule has 0 atom stereocenters. The van der Waals surface area contributed by atoms with Crippen LogP contribution >= 0.6 is 0 Å². The molecule has 1 amide bonds. The topological polar surface area (TPSA) is 55.1 Å². The number of amides is 1. The van der Waals surface area contributed by atoms with Crippen LogP contribution in [0.5, 0.6) is 0 Å². The second-order valence-electron chi connectivity index (χ2n) is 2.69. The molecule has 0 aliphatic carbocycles. The van der Waals surface area contributed by atoms with E-state index in [0.717, 1.165) is 0 Å². The van der Waals surface area contributed by atoms with Gasteiger partial charge in [-0.05, 0) is 0 Å². The van der Waals surface area contributed by atoms with Crippen LogP contribution in [-0.4, -0.2) is 29.9 Å². The molecule has 3 N–H and O–H groups in total. The Hall–Kier alpha value is -1.20. The number of hydrogen-bond acceptors (Lipinski definition) is 2. The summed E-state index contributed by atoms with van der Waals surface area (Å²) in [5, 5.41) is 0. The molecule has 12 heteroatoms. The number of hydrazine groups is 1. The molecule has 0 aromatic heterocycles. The highest BCUT2D eigenvalue weighted by Gasteiger charge is 2.83. The third-order valence-electron chi connectivity index (χ3n) is 1.56. The van der Waals surface area contributed by atoms with Gasteiger partial charge in [0.1, 0.15) is 0 Å². The van der Waals surface area contributed by atoms with Crippen molar-refractivity contribution in [2.75, 3.05) is 0 Å². The van der Waals surface area contributed by atoms with Gasteiger partial charge in [0.05, 0.1) is 0 Å². The van der Waals surface area contributed by atoms with Crippen molar-refractivity contribution < 1.29 is 44.3 Å². The lowest BCUT2D eigenvalue weighted by molar-refractivity contribution is -0.388. The Bertz CT molecular complexity index is 309. The number of halogens is 9. The summed E-state index contributed by atoms with van der Waals surface area (Å²) >= 11 is 0. The van der Waals surface area contributed by atoms with E-state index < -0.39 is 29.9 Å². The molecule has 0 aromatic rings. The van der Waals surface area contributed by atoms with E-state index in [9.17, 15) is 44.3 Å². The maximum absolute atomic E-state index is 12.4. The number of alkyl halides is 9. The molecule has 0 saturated heterocycles. The highest BCUT2D eigenvalue weighted by Crippen LogP contribution is 2.52. The van der Waals surface area contributed by atoms with Crippen molar-refractivity contribution in [3.63, 3.8) is 0 Å². The molecule has 0 aliphatic rings. The first-order valence-corrected chi connectivity index (χ1v) is 3.44. The molecule has 17 heavy (non-hydrogen) atoms. The summed E-state index contributed by atoms with van der Waals surface area (Å²) in [4.78, 5) is 10.1. The zero-order valence-corrected chi connectivity index (χ0v) is 7.39. The van der Waals surface area contributed by atoms with Crippen molar-refractivity contribution >= 4 is 5.91 Å². The molecule has 3 nitrogen and oxygen atoms in total. The summed E-state index contributed by atoms with van der Waals surface area (Å²) < 4.78 is 108. The average molecular weight is 278 g/mol. The van der Waals surface area contributed by atoms with Crippen molar-refractivity contribution in [2.45, 2.75) is 23.9 Å². The zero-order chi connectivity index (χ0) is 14.3. The minimum atomic E-state index is -7.10. The van der Waals surface area contributed by atoms with Crippen LogP contribution in [0, 0.1) is 0 Å². The molecule has 0 fully saturated rings. The molecular weight excluding hydrogens is 275 g/mol. The van der Waals surface area contributed by atoms with Gasteiger partial charge >= 0.3 is 29.9 Å². The smallest absolute Gasteiger partial charge is 0.289 e. The average Bonchev–Trinajstić information content (AvgIpc) is 2.13. The Labute approximate surface area is 86.7 Å². The van der Waals surface area contributed by atoms with E-state index in [1.54, 1.807) is 0 Å². The molecule has 0 aliphatic heterocycles. The first-order valence-electron chi connectivity index (χ1n) is 3.44. The van der Waals surface area contributed by atoms with Gasteiger partial charge in [-0.15, -0.1) is 0 Å². The fraction of sp³-hybridized carbons (Fsp3) is 0.800. The van der Waals surface area contributed by atoms with E-state index in [2.05, 4.69) is 5.84 Å². The van der Waals surface area contributed by atoms with Gasteiger partial charge in [-0.2, -0.15) is 39.5 Å². The van der Waals surface area contributed by atoms with E-state index in [4.69, 9.17) is 0 Å². The summed E-state index contributed by atoms with van der Waals surface area (Å²) in [6, 6.07) is 0. The normalized spacial score (nSPS) is 14.7. The van der Waals surface area contributed by atoms with E-state index in [1.807, 2.05) is 0 Å². The Morgan fingerprint density at radius 2 is 1.18 bits per heavy atom. The van der Waals surface area contributed by atoms with Gasteiger partial charge in [0.25, 0.3) is 0 Å². The molecule has 0 spiro atoms. The molecular formula is C5H3F9N2O. The minimum Gasteiger partial charge on any atom is -0.289 e. The van der Waals surface area contributed by atoms with Gasteiger partial charge in [-0.1, -0.05) is 0 Å². The quantitative estimate of drug-likeness (QED) is 0.355.